The van der Waals surface area contributed by atoms with Gasteiger partial charge in [-0.1, -0.05) is 6.07 Å². The van der Waals surface area contributed by atoms with Crippen molar-refractivity contribution in [3.8, 4) is 0 Å². The molecule has 0 spiro atoms. The molecule has 1 aromatic carbocycles. The van der Waals surface area contributed by atoms with E-state index in [0.717, 1.165) is 4.90 Å². The first-order valence-corrected chi connectivity index (χ1v) is 5.48. The normalized spacial score (nSPS) is 18.7. The van der Waals surface area contributed by atoms with Crippen molar-refractivity contribution in [1.29, 1.82) is 0 Å². The number of rotatable bonds is 3. The summed E-state index contributed by atoms with van der Waals surface area (Å²) < 4.78 is 0. The summed E-state index contributed by atoms with van der Waals surface area (Å²) in [6.07, 6.45) is 0.0467. The van der Waals surface area contributed by atoms with Gasteiger partial charge in [0.25, 0.3) is 5.69 Å². The number of para-hydroxylation sites is 1. The standard InChI is InChI=1S/C11H11N3O5/c12-6-4-9(15)13(5-6)10-7(11(16)17)2-1-3-8(10)14(18)19/h1-3,6H,4-5,12H2,(H,16,17). The highest BCUT2D eigenvalue weighted by Crippen LogP contribution is 2.34. The van der Waals surface area contributed by atoms with Gasteiger partial charge in [-0.3, -0.25) is 14.9 Å². The number of nitrogens with two attached hydrogens (primary N) is 1. The summed E-state index contributed by atoms with van der Waals surface area (Å²) in [5.41, 5.74) is 4.73. The van der Waals surface area contributed by atoms with Crippen LogP contribution < -0.4 is 10.6 Å². The first-order chi connectivity index (χ1) is 8.91. The van der Waals surface area contributed by atoms with Crippen LogP contribution in [0, 0.1) is 10.1 Å². The Kier molecular flexibility index (Phi) is 3.17. The molecule has 0 aromatic heterocycles. The Balaban J connectivity index is 2.62. The van der Waals surface area contributed by atoms with Crippen molar-refractivity contribution in [2.75, 3.05) is 11.4 Å². The number of carboxylic acids is 1. The molecule has 3 N–H and O–H groups in total. The minimum atomic E-state index is -1.33. The zero-order valence-electron chi connectivity index (χ0n) is 9.78. The van der Waals surface area contributed by atoms with Gasteiger partial charge in [0.1, 0.15) is 5.69 Å². The smallest absolute Gasteiger partial charge is 0.338 e. The highest BCUT2D eigenvalue weighted by molar-refractivity contribution is 6.06. The third kappa shape index (κ3) is 2.25. The summed E-state index contributed by atoms with van der Waals surface area (Å²) in [6, 6.07) is 3.21. The van der Waals surface area contributed by atoms with Crippen LogP contribution in [0.5, 0.6) is 0 Å². The maximum absolute atomic E-state index is 11.8. The van der Waals surface area contributed by atoms with Crippen LogP contribution in [0.3, 0.4) is 0 Å². The lowest BCUT2D eigenvalue weighted by atomic mass is 10.1. The van der Waals surface area contributed by atoms with E-state index in [9.17, 15) is 19.7 Å². The van der Waals surface area contributed by atoms with E-state index in [-0.39, 0.29) is 24.2 Å². The lowest BCUT2D eigenvalue weighted by Gasteiger charge is -2.18. The molecule has 1 fully saturated rings. The van der Waals surface area contributed by atoms with E-state index in [0.29, 0.717) is 0 Å². The number of amides is 1. The Hall–Kier alpha value is -2.48. The summed E-state index contributed by atoms with van der Waals surface area (Å²) in [4.78, 5) is 34.3. The number of nitrogens with zero attached hydrogens (tertiary/aromatic N) is 2. The van der Waals surface area contributed by atoms with E-state index in [2.05, 4.69) is 0 Å². The first kappa shape index (κ1) is 13.0. The lowest BCUT2D eigenvalue weighted by Crippen LogP contribution is -2.30. The van der Waals surface area contributed by atoms with Crippen molar-refractivity contribution in [1.82, 2.24) is 0 Å². The zero-order valence-corrected chi connectivity index (χ0v) is 9.78. The zero-order chi connectivity index (χ0) is 14.2. The minimum Gasteiger partial charge on any atom is -0.478 e. The van der Waals surface area contributed by atoms with Gasteiger partial charge in [-0.2, -0.15) is 0 Å². The quantitative estimate of drug-likeness (QED) is 0.600. The molecule has 8 heteroatoms. The molecule has 1 aromatic rings. The predicted molar refractivity (Wildman–Crippen MR) is 65.0 cm³/mol. The van der Waals surface area contributed by atoms with E-state index in [1.165, 1.54) is 18.2 Å². The highest BCUT2D eigenvalue weighted by Gasteiger charge is 2.35. The molecule has 1 aliphatic heterocycles. The van der Waals surface area contributed by atoms with Gasteiger partial charge in [-0.05, 0) is 6.07 Å². The molecule has 0 aliphatic carbocycles. The van der Waals surface area contributed by atoms with Crippen molar-refractivity contribution in [3.63, 3.8) is 0 Å². The Labute approximate surface area is 107 Å². The van der Waals surface area contributed by atoms with Gasteiger partial charge in [0.2, 0.25) is 5.91 Å². The van der Waals surface area contributed by atoms with Crippen LogP contribution >= 0.6 is 0 Å². The molecule has 1 aliphatic rings. The molecule has 1 unspecified atom stereocenters. The molecule has 2 rings (SSSR count). The van der Waals surface area contributed by atoms with Crippen LogP contribution in [-0.2, 0) is 4.79 Å². The molecule has 100 valence electrons. The molecular weight excluding hydrogens is 254 g/mol. The van der Waals surface area contributed by atoms with Crippen molar-refractivity contribution in [2.45, 2.75) is 12.5 Å². The largest absolute Gasteiger partial charge is 0.478 e. The summed E-state index contributed by atoms with van der Waals surface area (Å²) in [7, 11) is 0. The van der Waals surface area contributed by atoms with Gasteiger partial charge in [-0.15, -0.1) is 0 Å². The Morgan fingerprint density at radius 1 is 1.53 bits per heavy atom. The van der Waals surface area contributed by atoms with Crippen LogP contribution in [0.15, 0.2) is 18.2 Å². The summed E-state index contributed by atoms with van der Waals surface area (Å²) in [6.45, 7) is 0.0734. The van der Waals surface area contributed by atoms with E-state index in [1.54, 1.807) is 0 Å². The summed E-state index contributed by atoms with van der Waals surface area (Å²) in [5, 5.41) is 20.1. The number of benzene rings is 1. The van der Waals surface area contributed by atoms with Gasteiger partial charge in [-0.25, -0.2) is 4.79 Å². The number of aromatic carboxylic acids is 1. The van der Waals surface area contributed by atoms with Gasteiger partial charge < -0.3 is 15.7 Å². The molecule has 0 saturated carbocycles. The number of nitro groups is 1. The molecule has 19 heavy (non-hydrogen) atoms. The fourth-order valence-electron chi connectivity index (χ4n) is 2.09. The SMILES string of the molecule is NC1CC(=O)N(c2c(C(=O)O)cccc2[N+](=O)[O-])C1. The fourth-order valence-corrected chi connectivity index (χ4v) is 2.09. The van der Waals surface area contributed by atoms with Crippen LogP contribution in [-0.4, -0.2) is 34.5 Å². The molecular formula is C11H11N3O5. The topological polar surface area (TPSA) is 127 Å². The number of carboxylic acid groups (broad SMARTS) is 1. The van der Waals surface area contributed by atoms with E-state index < -0.39 is 28.5 Å². The number of carbonyl (C=O) groups excluding carboxylic acids is 1. The van der Waals surface area contributed by atoms with E-state index in [4.69, 9.17) is 10.8 Å². The van der Waals surface area contributed by atoms with Crippen molar-refractivity contribution >= 4 is 23.3 Å². The third-order valence-corrected chi connectivity index (χ3v) is 2.87. The Morgan fingerprint density at radius 3 is 2.68 bits per heavy atom. The van der Waals surface area contributed by atoms with E-state index in [1.807, 2.05) is 0 Å². The third-order valence-electron chi connectivity index (χ3n) is 2.87. The predicted octanol–water partition coefficient (Wildman–Crippen LogP) is 0.357. The average molecular weight is 265 g/mol. The van der Waals surface area contributed by atoms with Crippen LogP contribution in [0.1, 0.15) is 16.8 Å². The monoisotopic (exact) mass is 265 g/mol. The molecule has 8 nitrogen and oxygen atoms in total. The van der Waals surface area contributed by atoms with Crippen molar-refractivity contribution in [2.24, 2.45) is 5.73 Å². The Bertz CT molecular complexity index is 539. The molecule has 0 bridgehead atoms. The fraction of sp³-hybridized carbons (Fsp3) is 0.273. The maximum Gasteiger partial charge on any atom is 0.338 e. The second kappa shape index (κ2) is 4.65. The van der Waals surface area contributed by atoms with Crippen molar-refractivity contribution in [3.05, 3.63) is 33.9 Å². The van der Waals surface area contributed by atoms with Crippen molar-refractivity contribution < 1.29 is 19.6 Å². The van der Waals surface area contributed by atoms with Crippen LogP contribution in [0.25, 0.3) is 0 Å². The number of carbonyl (C=O) groups is 2. The first-order valence-electron chi connectivity index (χ1n) is 5.48. The number of hydrogen-bond acceptors (Lipinski definition) is 5. The number of nitro benzene ring substituents is 1. The molecule has 1 amide bonds. The average Bonchev–Trinajstić information content (AvgIpc) is 2.67. The van der Waals surface area contributed by atoms with Crippen LogP contribution in [0.4, 0.5) is 11.4 Å². The van der Waals surface area contributed by atoms with Gasteiger partial charge in [0.15, 0.2) is 0 Å². The lowest BCUT2D eigenvalue weighted by molar-refractivity contribution is -0.384. The van der Waals surface area contributed by atoms with Gasteiger partial charge in [0.05, 0.1) is 10.5 Å². The minimum absolute atomic E-state index is 0.0467. The second-order valence-electron chi connectivity index (χ2n) is 4.20. The highest BCUT2D eigenvalue weighted by atomic mass is 16.6. The molecule has 0 radical (unpaired) electrons. The second-order valence-corrected chi connectivity index (χ2v) is 4.20. The number of hydrogen-bond donors (Lipinski definition) is 2. The van der Waals surface area contributed by atoms with E-state index >= 15 is 0 Å². The number of anilines is 1. The van der Waals surface area contributed by atoms with Gasteiger partial charge >= 0.3 is 5.97 Å². The molecule has 1 saturated heterocycles. The molecule has 1 heterocycles. The summed E-state index contributed by atoms with van der Waals surface area (Å²) in [5.74, 6) is -1.74. The van der Waals surface area contributed by atoms with Crippen LogP contribution in [0.2, 0.25) is 0 Å². The van der Waals surface area contributed by atoms with Gasteiger partial charge in [0, 0.05) is 25.1 Å². The summed E-state index contributed by atoms with van der Waals surface area (Å²) >= 11 is 0. The Morgan fingerprint density at radius 2 is 2.21 bits per heavy atom. The molecule has 1 atom stereocenters. The maximum atomic E-state index is 11.8.